The molecule has 0 aliphatic carbocycles. The molecule has 1 amide bonds. The Balaban J connectivity index is 1.67. The summed E-state index contributed by atoms with van der Waals surface area (Å²) in [5, 5.41) is 0.947. The highest BCUT2D eigenvalue weighted by Crippen LogP contribution is 2.29. The van der Waals surface area contributed by atoms with E-state index in [2.05, 4.69) is 21.5 Å². The van der Waals surface area contributed by atoms with E-state index in [4.69, 9.17) is 0 Å². The van der Waals surface area contributed by atoms with Crippen LogP contribution in [0.1, 0.15) is 53.1 Å². The molecule has 27 heavy (non-hydrogen) atoms. The first-order valence-corrected chi connectivity index (χ1v) is 9.75. The number of aryl methyl sites for hydroxylation is 3. The van der Waals surface area contributed by atoms with E-state index >= 15 is 0 Å². The van der Waals surface area contributed by atoms with Crippen molar-refractivity contribution in [3.05, 3.63) is 59.3 Å². The van der Waals surface area contributed by atoms with Crippen LogP contribution in [-0.4, -0.2) is 38.4 Å². The van der Waals surface area contributed by atoms with Gasteiger partial charge in [0.05, 0.1) is 11.1 Å². The van der Waals surface area contributed by atoms with Crippen LogP contribution in [0.15, 0.2) is 36.7 Å². The molecule has 1 aliphatic rings. The number of nitrogens with zero attached hydrogens (tertiary/aromatic N) is 4. The minimum absolute atomic E-state index is 0.107. The Bertz CT molecular complexity index is 991. The van der Waals surface area contributed by atoms with Gasteiger partial charge < -0.3 is 9.47 Å². The van der Waals surface area contributed by atoms with E-state index in [1.54, 1.807) is 0 Å². The zero-order valence-corrected chi connectivity index (χ0v) is 16.3. The van der Waals surface area contributed by atoms with Crippen LogP contribution in [0.5, 0.6) is 0 Å². The van der Waals surface area contributed by atoms with Gasteiger partial charge in [-0.05, 0) is 45.2 Å². The Labute approximate surface area is 160 Å². The first kappa shape index (κ1) is 17.7. The maximum absolute atomic E-state index is 13.4. The SMILES string of the molecule is CCn1ccnc1[C@@H]1CCCN(C(=O)c2cc(C)nc3c(C)cccc23)C1. The molecule has 1 aromatic carbocycles. The molecular weight excluding hydrogens is 336 g/mol. The fraction of sp³-hybridized carbons (Fsp3) is 0.409. The van der Waals surface area contributed by atoms with Crippen molar-refractivity contribution >= 4 is 16.8 Å². The minimum Gasteiger partial charge on any atom is -0.338 e. The zero-order chi connectivity index (χ0) is 19.0. The van der Waals surface area contributed by atoms with Gasteiger partial charge >= 0.3 is 0 Å². The fourth-order valence-electron chi connectivity index (χ4n) is 4.19. The smallest absolute Gasteiger partial charge is 0.254 e. The molecule has 0 unspecified atom stereocenters. The third-order valence-electron chi connectivity index (χ3n) is 5.56. The molecule has 0 radical (unpaired) electrons. The van der Waals surface area contributed by atoms with Crippen molar-refractivity contribution in [3.63, 3.8) is 0 Å². The Kier molecular flexibility index (Phi) is 4.68. The van der Waals surface area contributed by atoms with Crippen LogP contribution in [0.3, 0.4) is 0 Å². The molecule has 140 valence electrons. The normalized spacial score (nSPS) is 17.4. The molecule has 3 heterocycles. The van der Waals surface area contributed by atoms with Gasteiger partial charge in [-0.15, -0.1) is 0 Å². The van der Waals surface area contributed by atoms with Gasteiger partial charge in [0, 0.05) is 49.0 Å². The summed E-state index contributed by atoms with van der Waals surface area (Å²) >= 11 is 0. The highest BCUT2D eigenvalue weighted by molar-refractivity contribution is 6.06. The van der Waals surface area contributed by atoms with Crippen LogP contribution in [0.25, 0.3) is 10.9 Å². The number of piperidine rings is 1. The number of benzene rings is 1. The number of aromatic nitrogens is 3. The Morgan fingerprint density at radius 1 is 1.30 bits per heavy atom. The standard InChI is InChI=1S/C22H26N4O/c1-4-25-12-10-23-21(25)17-8-6-11-26(14-17)22(27)19-13-16(3)24-20-15(2)7-5-9-18(19)20/h5,7,9-10,12-13,17H,4,6,8,11,14H2,1-3H3/t17-/m1/s1. The molecular formula is C22H26N4O. The van der Waals surface area contributed by atoms with Crippen molar-refractivity contribution in [3.8, 4) is 0 Å². The molecule has 4 rings (SSSR count). The van der Waals surface area contributed by atoms with E-state index in [1.807, 2.05) is 55.4 Å². The molecule has 0 spiro atoms. The quantitative estimate of drug-likeness (QED) is 0.705. The van der Waals surface area contributed by atoms with E-state index < -0.39 is 0 Å². The maximum Gasteiger partial charge on any atom is 0.254 e. The molecule has 5 nitrogen and oxygen atoms in total. The van der Waals surface area contributed by atoms with E-state index in [0.29, 0.717) is 5.92 Å². The van der Waals surface area contributed by atoms with Gasteiger partial charge in [0.2, 0.25) is 0 Å². The van der Waals surface area contributed by atoms with Crippen LogP contribution >= 0.6 is 0 Å². The molecule has 0 saturated carbocycles. The summed E-state index contributed by atoms with van der Waals surface area (Å²) in [5.74, 6) is 1.51. The highest BCUT2D eigenvalue weighted by Gasteiger charge is 2.28. The second-order valence-electron chi connectivity index (χ2n) is 7.44. The number of likely N-dealkylation sites (tertiary alicyclic amines) is 1. The number of carbonyl (C=O) groups excluding carboxylic acids is 1. The van der Waals surface area contributed by atoms with Crippen molar-refractivity contribution in [2.24, 2.45) is 0 Å². The van der Waals surface area contributed by atoms with Crippen LogP contribution in [0.2, 0.25) is 0 Å². The zero-order valence-electron chi connectivity index (χ0n) is 16.3. The van der Waals surface area contributed by atoms with Gasteiger partial charge in [0.15, 0.2) is 0 Å². The number of hydrogen-bond donors (Lipinski definition) is 0. The van der Waals surface area contributed by atoms with Gasteiger partial charge in [0.25, 0.3) is 5.91 Å². The van der Waals surface area contributed by atoms with Gasteiger partial charge in [0.1, 0.15) is 5.82 Å². The largest absolute Gasteiger partial charge is 0.338 e. The highest BCUT2D eigenvalue weighted by atomic mass is 16.2. The summed E-state index contributed by atoms with van der Waals surface area (Å²) in [6, 6.07) is 7.99. The third-order valence-corrected chi connectivity index (χ3v) is 5.56. The number of para-hydroxylation sites is 1. The van der Waals surface area contributed by atoms with Crippen LogP contribution in [0, 0.1) is 13.8 Å². The lowest BCUT2D eigenvalue weighted by molar-refractivity contribution is 0.0705. The number of hydrogen-bond acceptors (Lipinski definition) is 3. The average Bonchev–Trinajstić information content (AvgIpc) is 3.16. The van der Waals surface area contributed by atoms with E-state index in [1.165, 1.54) is 0 Å². The lowest BCUT2D eigenvalue weighted by Gasteiger charge is -2.33. The third kappa shape index (κ3) is 3.22. The number of pyridine rings is 1. The molecule has 1 fully saturated rings. The number of carbonyl (C=O) groups is 1. The lowest BCUT2D eigenvalue weighted by atomic mass is 9.95. The van der Waals surface area contributed by atoms with Gasteiger partial charge in [-0.2, -0.15) is 0 Å². The van der Waals surface area contributed by atoms with E-state index in [9.17, 15) is 4.79 Å². The molecule has 2 aromatic heterocycles. The summed E-state index contributed by atoms with van der Waals surface area (Å²) in [5.41, 5.74) is 3.68. The number of imidazole rings is 1. The number of amides is 1. The van der Waals surface area contributed by atoms with Gasteiger partial charge in [-0.25, -0.2) is 4.98 Å². The van der Waals surface area contributed by atoms with Crippen molar-refractivity contribution < 1.29 is 4.79 Å². The van der Waals surface area contributed by atoms with Gasteiger partial charge in [-0.3, -0.25) is 9.78 Å². The van der Waals surface area contributed by atoms with Crippen LogP contribution in [-0.2, 0) is 6.54 Å². The van der Waals surface area contributed by atoms with Gasteiger partial charge in [-0.1, -0.05) is 18.2 Å². The second kappa shape index (κ2) is 7.14. The monoisotopic (exact) mass is 362 g/mol. The predicted octanol–water partition coefficient (Wildman–Crippen LogP) is 4.09. The molecule has 0 bridgehead atoms. The van der Waals surface area contributed by atoms with Crippen molar-refractivity contribution in [2.45, 2.75) is 46.1 Å². The maximum atomic E-state index is 13.4. The van der Waals surface area contributed by atoms with Crippen LogP contribution in [0.4, 0.5) is 0 Å². The summed E-state index contributed by atoms with van der Waals surface area (Å²) in [6.07, 6.45) is 5.98. The Morgan fingerprint density at radius 3 is 2.96 bits per heavy atom. The van der Waals surface area contributed by atoms with E-state index in [0.717, 1.165) is 66.0 Å². The summed E-state index contributed by atoms with van der Waals surface area (Å²) < 4.78 is 2.19. The predicted molar refractivity (Wildman–Crippen MR) is 107 cm³/mol. The number of rotatable bonds is 3. The second-order valence-corrected chi connectivity index (χ2v) is 7.44. The molecule has 3 aromatic rings. The lowest BCUT2D eigenvalue weighted by Crippen LogP contribution is -2.40. The van der Waals surface area contributed by atoms with E-state index in [-0.39, 0.29) is 5.91 Å². The molecule has 0 N–H and O–H groups in total. The van der Waals surface area contributed by atoms with Crippen molar-refractivity contribution in [2.75, 3.05) is 13.1 Å². The Morgan fingerprint density at radius 2 is 2.15 bits per heavy atom. The minimum atomic E-state index is 0.107. The van der Waals surface area contributed by atoms with Crippen molar-refractivity contribution in [1.82, 2.24) is 19.4 Å². The first-order valence-electron chi connectivity index (χ1n) is 9.75. The van der Waals surface area contributed by atoms with Crippen LogP contribution < -0.4 is 0 Å². The summed E-state index contributed by atoms with van der Waals surface area (Å²) in [7, 11) is 0. The molecule has 1 saturated heterocycles. The number of fused-ring (bicyclic) bond motifs is 1. The molecule has 1 aliphatic heterocycles. The average molecular weight is 362 g/mol. The van der Waals surface area contributed by atoms with Crippen molar-refractivity contribution in [1.29, 1.82) is 0 Å². The summed E-state index contributed by atoms with van der Waals surface area (Å²) in [6.45, 7) is 8.57. The summed E-state index contributed by atoms with van der Waals surface area (Å²) in [4.78, 5) is 24.6. The first-order chi connectivity index (χ1) is 13.1. The fourth-order valence-corrected chi connectivity index (χ4v) is 4.19. The topological polar surface area (TPSA) is 51.0 Å². The molecule has 5 heteroatoms. The molecule has 1 atom stereocenters. The Hall–Kier alpha value is -2.69.